The summed E-state index contributed by atoms with van der Waals surface area (Å²) in [6, 6.07) is 26.1. The minimum atomic E-state index is -0.490. The zero-order valence-corrected chi connectivity index (χ0v) is 24.3. The molecule has 0 saturated carbocycles. The molecule has 0 bridgehead atoms. The second-order valence-electron chi connectivity index (χ2n) is 11.5. The fourth-order valence-corrected chi connectivity index (χ4v) is 6.28. The smallest absolute Gasteiger partial charge is 0.407 e. The molecule has 1 fully saturated rings. The molecule has 7 heteroatoms. The largest absolute Gasteiger partial charge is 0.449 e. The third-order valence-corrected chi connectivity index (χ3v) is 8.37. The predicted molar refractivity (Wildman–Crippen MR) is 158 cm³/mol. The van der Waals surface area contributed by atoms with Crippen LogP contribution in [0.15, 0.2) is 78.9 Å². The van der Waals surface area contributed by atoms with E-state index in [4.69, 9.17) is 14.2 Å². The van der Waals surface area contributed by atoms with Crippen molar-refractivity contribution in [3.05, 3.63) is 95.6 Å². The maximum atomic E-state index is 13.2. The Hall–Kier alpha value is -3.13. The highest BCUT2D eigenvalue weighted by molar-refractivity contribution is 8.14. The van der Waals surface area contributed by atoms with Gasteiger partial charge in [-0.25, -0.2) is 4.79 Å². The van der Waals surface area contributed by atoms with Gasteiger partial charge in [0.25, 0.3) is 0 Å². The molecule has 3 aromatic carbocycles. The summed E-state index contributed by atoms with van der Waals surface area (Å²) in [4.78, 5) is 26.0. The Bertz CT molecular complexity index is 1290. The Morgan fingerprint density at radius 1 is 0.900 bits per heavy atom. The van der Waals surface area contributed by atoms with E-state index in [2.05, 4.69) is 29.6 Å². The molecular formula is C33H37NO5S. The normalized spacial score (nSPS) is 19.3. The Balaban J connectivity index is 1.16. The van der Waals surface area contributed by atoms with Gasteiger partial charge in [0.1, 0.15) is 12.7 Å². The van der Waals surface area contributed by atoms with Crippen LogP contribution in [0.3, 0.4) is 0 Å². The molecule has 2 aliphatic rings. The molecule has 1 saturated heterocycles. The molecule has 1 N–H and O–H groups in total. The number of thioether (sulfide) groups is 1. The number of hydrogen-bond donors (Lipinski definition) is 1. The zero-order valence-electron chi connectivity index (χ0n) is 23.5. The Morgan fingerprint density at radius 2 is 1.50 bits per heavy atom. The number of hydrogen-bond acceptors (Lipinski definition) is 6. The van der Waals surface area contributed by atoms with Crippen LogP contribution in [0.1, 0.15) is 50.3 Å². The van der Waals surface area contributed by atoms with Crippen molar-refractivity contribution in [2.75, 3.05) is 13.2 Å². The van der Waals surface area contributed by atoms with Crippen molar-refractivity contribution in [3.8, 4) is 11.1 Å². The van der Waals surface area contributed by atoms with Gasteiger partial charge >= 0.3 is 6.09 Å². The number of amides is 1. The molecule has 0 unspecified atom stereocenters. The van der Waals surface area contributed by atoms with Gasteiger partial charge in [-0.1, -0.05) is 111 Å². The predicted octanol–water partition coefficient (Wildman–Crippen LogP) is 6.57. The molecule has 1 amide bonds. The monoisotopic (exact) mass is 559 g/mol. The quantitative estimate of drug-likeness (QED) is 0.283. The van der Waals surface area contributed by atoms with Crippen molar-refractivity contribution in [2.45, 2.75) is 63.2 Å². The minimum Gasteiger partial charge on any atom is -0.449 e. The van der Waals surface area contributed by atoms with E-state index in [9.17, 15) is 9.59 Å². The molecular weight excluding hydrogens is 522 g/mol. The Morgan fingerprint density at radius 3 is 2.12 bits per heavy atom. The van der Waals surface area contributed by atoms with E-state index in [0.29, 0.717) is 6.61 Å². The van der Waals surface area contributed by atoms with Gasteiger partial charge in [0.15, 0.2) is 5.12 Å². The van der Waals surface area contributed by atoms with Gasteiger partial charge < -0.3 is 19.5 Å². The second-order valence-corrected chi connectivity index (χ2v) is 13.3. The van der Waals surface area contributed by atoms with Crippen molar-refractivity contribution in [3.63, 3.8) is 0 Å². The molecule has 1 heterocycles. The third kappa shape index (κ3) is 6.77. The Kier molecular flexibility index (Phi) is 8.64. The number of alkyl carbamates (subject to hydrolysis) is 1. The van der Waals surface area contributed by atoms with Crippen LogP contribution in [-0.2, 0) is 25.6 Å². The molecule has 40 heavy (non-hydrogen) atoms. The highest BCUT2D eigenvalue weighted by Crippen LogP contribution is 2.44. The first-order chi connectivity index (χ1) is 19.2. The molecule has 1 aliphatic heterocycles. The molecule has 6 nitrogen and oxygen atoms in total. The van der Waals surface area contributed by atoms with Crippen molar-refractivity contribution < 1.29 is 23.8 Å². The van der Waals surface area contributed by atoms with Crippen LogP contribution < -0.4 is 5.32 Å². The first kappa shape index (κ1) is 28.4. The summed E-state index contributed by atoms with van der Waals surface area (Å²) in [7, 11) is 0. The number of nitrogens with one attached hydrogen (secondary N) is 1. The summed E-state index contributed by atoms with van der Waals surface area (Å²) in [6.07, 6.45) is -1.09. The van der Waals surface area contributed by atoms with Gasteiger partial charge in [0.05, 0.1) is 31.3 Å². The lowest BCUT2D eigenvalue weighted by molar-refractivity contribution is -0.117. The number of carbonyl (C=O) groups is 2. The average Bonchev–Trinajstić information content (AvgIpc) is 3.65. The summed E-state index contributed by atoms with van der Waals surface area (Å²) >= 11 is 1.31. The summed E-state index contributed by atoms with van der Waals surface area (Å²) in [5, 5.41) is 2.97. The molecule has 0 spiro atoms. The van der Waals surface area contributed by atoms with Gasteiger partial charge in [-0.15, -0.1) is 0 Å². The van der Waals surface area contributed by atoms with E-state index >= 15 is 0 Å². The van der Waals surface area contributed by atoms with Crippen LogP contribution in [0.4, 0.5) is 4.79 Å². The van der Waals surface area contributed by atoms with E-state index in [0.717, 1.165) is 5.56 Å². The highest BCUT2D eigenvalue weighted by Gasteiger charge is 2.51. The number of ether oxygens (including phenoxy) is 3. The van der Waals surface area contributed by atoms with Gasteiger partial charge in [0, 0.05) is 10.7 Å². The summed E-state index contributed by atoms with van der Waals surface area (Å²) in [5.41, 5.74) is 5.77. The van der Waals surface area contributed by atoms with Crippen LogP contribution >= 0.6 is 11.8 Å². The van der Waals surface area contributed by atoms with E-state index in [-0.39, 0.29) is 47.2 Å². The Labute approximate surface area is 240 Å². The first-order valence-corrected chi connectivity index (χ1v) is 14.6. The van der Waals surface area contributed by atoms with Gasteiger partial charge in [0.2, 0.25) is 0 Å². The van der Waals surface area contributed by atoms with Crippen molar-refractivity contribution in [1.29, 1.82) is 0 Å². The van der Waals surface area contributed by atoms with Crippen LogP contribution in [0.5, 0.6) is 0 Å². The summed E-state index contributed by atoms with van der Waals surface area (Å²) in [5.74, 6) is -0.429. The van der Waals surface area contributed by atoms with E-state index in [1.165, 1.54) is 34.0 Å². The average molecular weight is 560 g/mol. The SMILES string of the molecule is C[C@H](NC(=O)OCC1c2ccccc2-c2ccccc21)[C@H]1O[C@@H]1[C@@H](COCc1ccccc1)C(=O)SC(C)(C)C. The molecule has 0 radical (unpaired) electrons. The topological polar surface area (TPSA) is 77.2 Å². The fourth-order valence-electron chi connectivity index (χ4n) is 5.32. The van der Waals surface area contributed by atoms with Gasteiger partial charge in [-0.3, -0.25) is 4.79 Å². The van der Waals surface area contributed by atoms with Gasteiger partial charge in [-0.2, -0.15) is 0 Å². The van der Waals surface area contributed by atoms with Crippen molar-refractivity contribution in [2.24, 2.45) is 5.92 Å². The minimum absolute atomic E-state index is 0.00318. The standard InChI is InChI=1S/C33H37NO5S/c1-21(34-32(36)38-20-27-25-16-10-8-14-23(25)24-15-9-11-17-26(24)27)29-30(39-29)28(31(35)40-33(2,3)4)19-37-18-22-12-6-5-7-13-22/h5-17,21,27-30H,18-20H2,1-4H3,(H,34,36)/t21-,28+,29+,30+/m0/s1. The number of epoxide rings is 1. The molecule has 0 aromatic heterocycles. The third-order valence-electron chi connectivity index (χ3n) is 7.26. The summed E-state index contributed by atoms with van der Waals surface area (Å²) < 4.78 is 17.4. The highest BCUT2D eigenvalue weighted by atomic mass is 32.2. The van der Waals surface area contributed by atoms with Crippen LogP contribution in [0.2, 0.25) is 0 Å². The van der Waals surface area contributed by atoms with Crippen LogP contribution in [0.25, 0.3) is 11.1 Å². The van der Waals surface area contributed by atoms with E-state index in [1.54, 1.807) is 0 Å². The fraction of sp³-hybridized carbons (Fsp3) is 0.394. The van der Waals surface area contributed by atoms with E-state index < -0.39 is 12.0 Å². The lowest BCUT2D eigenvalue weighted by atomic mass is 9.98. The number of rotatable bonds is 10. The summed E-state index contributed by atoms with van der Waals surface area (Å²) in [6.45, 7) is 8.87. The molecule has 3 aromatic rings. The number of benzene rings is 3. The number of fused-ring (bicyclic) bond motifs is 3. The maximum Gasteiger partial charge on any atom is 0.407 e. The second kappa shape index (κ2) is 12.2. The molecule has 5 rings (SSSR count). The van der Waals surface area contributed by atoms with Crippen molar-refractivity contribution in [1.82, 2.24) is 5.32 Å². The van der Waals surface area contributed by atoms with Crippen molar-refractivity contribution >= 4 is 23.0 Å². The molecule has 4 atom stereocenters. The lowest BCUT2D eigenvalue weighted by Gasteiger charge is -2.21. The van der Waals surface area contributed by atoms with Crippen LogP contribution in [0, 0.1) is 5.92 Å². The molecule has 210 valence electrons. The number of carbonyl (C=O) groups excluding carboxylic acids is 2. The van der Waals surface area contributed by atoms with Gasteiger partial charge in [-0.05, 0) is 34.7 Å². The van der Waals surface area contributed by atoms with Crippen LogP contribution in [-0.4, -0.2) is 47.4 Å². The zero-order chi connectivity index (χ0) is 28.3. The molecule has 1 aliphatic carbocycles. The van der Waals surface area contributed by atoms with E-state index in [1.807, 2.05) is 82.3 Å². The maximum absolute atomic E-state index is 13.2. The first-order valence-electron chi connectivity index (χ1n) is 13.8. The lowest BCUT2D eigenvalue weighted by Crippen LogP contribution is -2.39.